The maximum absolute atomic E-state index is 12.9. The maximum Gasteiger partial charge on any atom is 0.321 e. The first-order valence-electron chi connectivity index (χ1n) is 8.45. The molecule has 0 spiro atoms. The van der Waals surface area contributed by atoms with Crippen LogP contribution < -0.4 is 16.0 Å². The van der Waals surface area contributed by atoms with E-state index in [0.717, 1.165) is 17.5 Å². The highest BCUT2D eigenvalue weighted by Crippen LogP contribution is 2.48. The minimum atomic E-state index is -1.07. The molecule has 2 aromatic carbocycles. The molecule has 4 amide bonds. The van der Waals surface area contributed by atoms with Gasteiger partial charge in [0.25, 0.3) is 0 Å². The van der Waals surface area contributed by atoms with Crippen LogP contribution in [0.2, 0.25) is 0 Å². The Morgan fingerprint density at radius 3 is 2.04 bits per heavy atom. The van der Waals surface area contributed by atoms with Crippen molar-refractivity contribution in [2.45, 2.75) is 24.7 Å². The Bertz CT molecular complexity index is 811. The highest BCUT2D eigenvalue weighted by atomic mass is 16.2. The fraction of sp³-hybridized carbons (Fsp3) is 0.263. The molecule has 2 heterocycles. The van der Waals surface area contributed by atoms with Crippen molar-refractivity contribution in [3.05, 3.63) is 71.8 Å². The number of amides is 4. The predicted octanol–water partition coefficient (Wildman–Crippen LogP) is 2.44. The number of benzene rings is 2. The number of carbonyl (C=O) groups excluding carboxylic acids is 2. The molecule has 2 aliphatic heterocycles. The fourth-order valence-corrected chi connectivity index (χ4v) is 3.98. The Kier molecular flexibility index (Phi) is 3.42. The van der Waals surface area contributed by atoms with Crippen LogP contribution >= 0.6 is 0 Å². The number of fused-ring (bicyclic) bond motifs is 1. The Hall–Kier alpha value is -3.02. The monoisotopic (exact) mass is 336 g/mol. The first-order chi connectivity index (χ1) is 12.1. The summed E-state index contributed by atoms with van der Waals surface area (Å²) in [5.41, 5.74) is -0.424. The van der Waals surface area contributed by atoms with Gasteiger partial charge in [-0.15, -0.1) is 0 Å². The zero-order valence-electron chi connectivity index (χ0n) is 14.0. The van der Waals surface area contributed by atoms with Gasteiger partial charge in [-0.05, 0) is 6.42 Å². The van der Waals surface area contributed by atoms with Crippen LogP contribution in [0.15, 0.2) is 60.7 Å². The molecule has 2 aromatic rings. The quantitative estimate of drug-likeness (QED) is 0.802. The molecule has 0 aliphatic carbocycles. The second kappa shape index (κ2) is 5.51. The average molecular weight is 336 g/mol. The van der Waals surface area contributed by atoms with Gasteiger partial charge < -0.3 is 16.0 Å². The van der Waals surface area contributed by atoms with Crippen molar-refractivity contribution in [3.63, 3.8) is 0 Å². The van der Waals surface area contributed by atoms with Crippen molar-refractivity contribution >= 4 is 12.1 Å². The SMILES string of the molecule is CCCN1C(=O)NC2(c3ccccc3)NC(=O)NC12c1ccccc1. The molecular formula is C19H20N4O2. The van der Waals surface area contributed by atoms with Crippen LogP contribution in [0, 0.1) is 0 Å². The van der Waals surface area contributed by atoms with Gasteiger partial charge in [-0.1, -0.05) is 67.6 Å². The van der Waals surface area contributed by atoms with Gasteiger partial charge in [0.15, 0.2) is 11.3 Å². The van der Waals surface area contributed by atoms with Crippen LogP contribution in [0.1, 0.15) is 24.5 Å². The smallest absolute Gasteiger partial charge is 0.307 e. The van der Waals surface area contributed by atoms with Gasteiger partial charge in [0.2, 0.25) is 0 Å². The summed E-state index contributed by atoms with van der Waals surface area (Å²) in [6.45, 7) is 2.54. The largest absolute Gasteiger partial charge is 0.321 e. The van der Waals surface area contributed by atoms with E-state index in [0.29, 0.717) is 6.54 Å². The summed E-state index contributed by atoms with van der Waals surface area (Å²) in [5, 5.41) is 9.07. The van der Waals surface area contributed by atoms with E-state index in [1.165, 1.54) is 0 Å². The number of hydrogen-bond donors (Lipinski definition) is 3. The van der Waals surface area contributed by atoms with Crippen molar-refractivity contribution in [1.29, 1.82) is 0 Å². The van der Waals surface area contributed by atoms with Gasteiger partial charge in [0.1, 0.15) is 0 Å². The lowest BCUT2D eigenvalue weighted by Crippen LogP contribution is -2.61. The maximum atomic E-state index is 12.9. The van der Waals surface area contributed by atoms with Gasteiger partial charge >= 0.3 is 12.1 Å². The van der Waals surface area contributed by atoms with Gasteiger partial charge in [0, 0.05) is 17.7 Å². The lowest BCUT2D eigenvalue weighted by Gasteiger charge is -2.42. The summed E-state index contributed by atoms with van der Waals surface area (Å²) >= 11 is 0. The van der Waals surface area contributed by atoms with Gasteiger partial charge in [-0.3, -0.25) is 4.90 Å². The van der Waals surface area contributed by atoms with E-state index in [4.69, 9.17) is 0 Å². The molecule has 2 saturated heterocycles. The number of urea groups is 2. The van der Waals surface area contributed by atoms with Crippen molar-refractivity contribution in [1.82, 2.24) is 20.9 Å². The van der Waals surface area contributed by atoms with Crippen molar-refractivity contribution in [2.24, 2.45) is 0 Å². The van der Waals surface area contributed by atoms with Crippen LogP contribution in [0.4, 0.5) is 9.59 Å². The molecular weight excluding hydrogens is 316 g/mol. The molecule has 2 aliphatic rings. The van der Waals surface area contributed by atoms with Crippen molar-refractivity contribution in [3.8, 4) is 0 Å². The number of rotatable bonds is 4. The molecule has 3 N–H and O–H groups in total. The van der Waals surface area contributed by atoms with Crippen molar-refractivity contribution < 1.29 is 9.59 Å². The van der Waals surface area contributed by atoms with Crippen molar-refractivity contribution in [2.75, 3.05) is 6.54 Å². The van der Waals surface area contributed by atoms with E-state index in [-0.39, 0.29) is 12.1 Å². The van der Waals surface area contributed by atoms with E-state index < -0.39 is 11.3 Å². The van der Waals surface area contributed by atoms with Gasteiger partial charge in [-0.2, -0.15) is 0 Å². The molecule has 0 saturated carbocycles. The molecule has 25 heavy (non-hydrogen) atoms. The first kappa shape index (κ1) is 15.5. The molecule has 2 atom stereocenters. The minimum Gasteiger partial charge on any atom is -0.307 e. The minimum absolute atomic E-state index is 0.206. The molecule has 0 bridgehead atoms. The summed E-state index contributed by atoms with van der Waals surface area (Å²) < 4.78 is 0. The Labute approximate surface area is 146 Å². The number of hydrogen-bond acceptors (Lipinski definition) is 2. The van der Waals surface area contributed by atoms with Crippen LogP contribution in [-0.4, -0.2) is 23.5 Å². The van der Waals surface area contributed by atoms with Crippen LogP contribution in [0.5, 0.6) is 0 Å². The number of carbonyl (C=O) groups is 2. The molecule has 4 rings (SSSR count). The van der Waals surface area contributed by atoms with E-state index in [9.17, 15) is 9.59 Å². The third-order valence-corrected chi connectivity index (χ3v) is 4.93. The fourth-order valence-electron chi connectivity index (χ4n) is 3.98. The zero-order chi connectivity index (χ0) is 17.5. The predicted molar refractivity (Wildman–Crippen MR) is 93.4 cm³/mol. The standard InChI is InChI=1S/C19H20N4O2/c1-2-13-23-17(25)22-18(14-9-5-3-6-10-14)19(23,21-16(24)20-18)15-11-7-4-8-12-15/h3-12H,2,13H2,1H3,(H,22,25)(H2,20,21,24). The summed E-state index contributed by atoms with van der Waals surface area (Å²) in [5.74, 6) is 0. The lowest BCUT2D eigenvalue weighted by molar-refractivity contribution is 0.0825. The Morgan fingerprint density at radius 1 is 0.840 bits per heavy atom. The van der Waals surface area contributed by atoms with E-state index in [1.807, 2.05) is 67.6 Å². The summed E-state index contributed by atoms with van der Waals surface area (Å²) in [4.78, 5) is 27.1. The topological polar surface area (TPSA) is 73.5 Å². The van der Waals surface area contributed by atoms with Crippen LogP contribution in [0.25, 0.3) is 0 Å². The third-order valence-electron chi connectivity index (χ3n) is 4.93. The van der Waals surface area contributed by atoms with Crippen LogP contribution in [0.3, 0.4) is 0 Å². The highest BCUT2D eigenvalue weighted by molar-refractivity contribution is 5.89. The second-order valence-corrected chi connectivity index (χ2v) is 6.35. The summed E-state index contributed by atoms with van der Waals surface area (Å²) in [6.07, 6.45) is 0.780. The number of nitrogens with one attached hydrogen (secondary N) is 3. The molecule has 2 fully saturated rings. The first-order valence-corrected chi connectivity index (χ1v) is 8.45. The second-order valence-electron chi connectivity index (χ2n) is 6.35. The van der Waals surface area contributed by atoms with E-state index >= 15 is 0 Å². The lowest BCUT2D eigenvalue weighted by atomic mass is 9.82. The molecule has 128 valence electrons. The normalized spacial score (nSPS) is 27.5. The van der Waals surface area contributed by atoms with E-state index in [2.05, 4.69) is 16.0 Å². The summed E-state index contributed by atoms with van der Waals surface area (Å²) in [6, 6.07) is 18.7. The van der Waals surface area contributed by atoms with E-state index in [1.54, 1.807) is 4.90 Å². The third kappa shape index (κ3) is 1.97. The Morgan fingerprint density at radius 2 is 1.44 bits per heavy atom. The molecule has 2 unspecified atom stereocenters. The molecule has 6 heteroatoms. The molecule has 0 radical (unpaired) electrons. The van der Waals surface area contributed by atoms with Gasteiger partial charge in [-0.25, -0.2) is 9.59 Å². The number of nitrogens with zero attached hydrogens (tertiary/aromatic N) is 1. The van der Waals surface area contributed by atoms with Crippen LogP contribution in [-0.2, 0) is 11.3 Å². The average Bonchev–Trinajstić information content (AvgIpc) is 3.06. The molecule has 0 aromatic heterocycles. The summed E-state index contributed by atoms with van der Waals surface area (Å²) in [7, 11) is 0. The zero-order valence-corrected chi connectivity index (χ0v) is 14.0. The van der Waals surface area contributed by atoms with Gasteiger partial charge in [0.05, 0.1) is 0 Å². The Balaban J connectivity index is 2.00. The highest BCUT2D eigenvalue weighted by Gasteiger charge is 2.70. The molecule has 6 nitrogen and oxygen atoms in total.